The summed E-state index contributed by atoms with van der Waals surface area (Å²) in [6.45, 7) is 0. The third-order valence-corrected chi connectivity index (χ3v) is 5.38. The van der Waals surface area contributed by atoms with Crippen LogP contribution < -0.4 is 0 Å². The SMILES string of the molecule is BrCCc1ccc2nc(C3CCCCC3)sc2c1. The molecule has 18 heavy (non-hydrogen) atoms. The number of rotatable bonds is 3. The van der Waals surface area contributed by atoms with Crippen LogP contribution in [-0.4, -0.2) is 10.3 Å². The molecule has 0 radical (unpaired) electrons. The monoisotopic (exact) mass is 323 g/mol. The lowest BCUT2D eigenvalue weighted by atomic mass is 9.90. The van der Waals surface area contributed by atoms with E-state index in [-0.39, 0.29) is 0 Å². The van der Waals surface area contributed by atoms with Crippen LogP contribution >= 0.6 is 27.3 Å². The Hall–Kier alpha value is -0.410. The Morgan fingerprint density at radius 1 is 1.22 bits per heavy atom. The van der Waals surface area contributed by atoms with Gasteiger partial charge in [0.1, 0.15) is 0 Å². The van der Waals surface area contributed by atoms with Gasteiger partial charge in [0.25, 0.3) is 0 Å². The van der Waals surface area contributed by atoms with Crippen molar-refractivity contribution in [2.24, 2.45) is 0 Å². The molecule has 0 saturated heterocycles. The van der Waals surface area contributed by atoms with Crippen LogP contribution in [0.5, 0.6) is 0 Å². The first kappa shape index (κ1) is 12.6. The summed E-state index contributed by atoms with van der Waals surface area (Å²) >= 11 is 5.42. The first-order valence-electron chi connectivity index (χ1n) is 6.82. The number of halogens is 1. The number of hydrogen-bond donors (Lipinski definition) is 0. The average molecular weight is 324 g/mol. The maximum absolute atomic E-state index is 4.84. The molecule has 96 valence electrons. The van der Waals surface area contributed by atoms with Crippen LogP contribution in [-0.2, 0) is 6.42 Å². The zero-order valence-corrected chi connectivity index (χ0v) is 12.9. The predicted molar refractivity (Wildman–Crippen MR) is 82.9 cm³/mol. The predicted octanol–water partition coefficient (Wildman–Crippen LogP) is 5.28. The summed E-state index contributed by atoms with van der Waals surface area (Å²) in [5.74, 6) is 0.732. The normalized spacial score (nSPS) is 17.4. The standard InChI is InChI=1S/C15H18BrNS/c16-9-8-11-6-7-13-14(10-11)18-15(17-13)12-4-2-1-3-5-12/h6-7,10,12H,1-5,8-9H2. The number of benzene rings is 1. The second-order valence-electron chi connectivity index (χ2n) is 5.13. The van der Waals surface area contributed by atoms with Crippen molar-refractivity contribution in [1.82, 2.24) is 4.98 Å². The van der Waals surface area contributed by atoms with Crippen LogP contribution in [0.25, 0.3) is 10.2 Å². The molecule has 1 saturated carbocycles. The van der Waals surface area contributed by atoms with Crippen molar-refractivity contribution in [2.75, 3.05) is 5.33 Å². The quantitative estimate of drug-likeness (QED) is 0.700. The summed E-state index contributed by atoms with van der Waals surface area (Å²) in [5.41, 5.74) is 2.61. The van der Waals surface area contributed by atoms with Gasteiger partial charge in [0.2, 0.25) is 0 Å². The van der Waals surface area contributed by atoms with E-state index in [1.54, 1.807) is 0 Å². The van der Waals surface area contributed by atoms with Crippen LogP contribution in [0.15, 0.2) is 18.2 Å². The number of aromatic nitrogens is 1. The van der Waals surface area contributed by atoms with Crippen LogP contribution in [0.2, 0.25) is 0 Å². The molecule has 1 aliphatic carbocycles. The van der Waals surface area contributed by atoms with E-state index in [0.29, 0.717) is 0 Å². The zero-order valence-electron chi connectivity index (χ0n) is 10.5. The lowest BCUT2D eigenvalue weighted by Gasteiger charge is -2.18. The molecule has 1 aromatic heterocycles. The van der Waals surface area contributed by atoms with E-state index in [0.717, 1.165) is 17.7 Å². The van der Waals surface area contributed by atoms with Gasteiger partial charge in [-0.15, -0.1) is 11.3 Å². The number of alkyl halides is 1. The minimum atomic E-state index is 0.732. The number of hydrogen-bond acceptors (Lipinski definition) is 2. The third kappa shape index (κ3) is 2.62. The fourth-order valence-electron chi connectivity index (χ4n) is 2.78. The summed E-state index contributed by atoms with van der Waals surface area (Å²) in [5, 5.41) is 2.41. The van der Waals surface area contributed by atoms with Crippen LogP contribution in [0.3, 0.4) is 0 Å². The Kier molecular flexibility index (Phi) is 4.00. The Morgan fingerprint density at radius 2 is 2.06 bits per heavy atom. The van der Waals surface area contributed by atoms with Gasteiger partial charge in [0.15, 0.2) is 0 Å². The van der Waals surface area contributed by atoms with E-state index in [1.807, 2.05) is 11.3 Å². The Labute approximate surface area is 121 Å². The highest BCUT2D eigenvalue weighted by molar-refractivity contribution is 9.09. The van der Waals surface area contributed by atoms with Crippen molar-refractivity contribution < 1.29 is 0 Å². The van der Waals surface area contributed by atoms with Crippen molar-refractivity contribution in [3.05, 3.63) is 28.8 Å². The number of aryl methyl sites for hydroxylation is 1. The number of nitrogens with zero attached hydrogens (tertiary/aromatic N) is 1. The molecule has 0 amide bonds. The number of thiazole rings is 1. The highest BCUT2D eigenvalue weighted by atomic mass is 79.9. The third-order valence-electron chi connectivity index (χ3n) is 3.81. The molecule has 1 aliphatic rings. The largest absolute Gasteiger partial charge is 0.241 e. The molecular formula is C15H18BrNS. The van der Waals surface area contributed by atoms with Gasteiger partial charge in [-0.3, -0.25) is 0 Å². The van der Waals surface area contributed by atoms with Gasteiger partial charge < -0.3 is 0 Å². The molecule has 1 nitrogen and oxygen atoms in total. The van der Waals surface area contributed by atoms with E-state index in [2.05, 4.69) is 34.1 Å². The Bertz CT molecular complexity index is 528. The Morgan fingerprint density at radius 3 is 2.83 bits per heavy atom. The molecular weight excluding hydrogens is 306 g/mol. The maximum Gasteiger partial charge on any atom is 0.0969 e. The van der Waals surface area contributed by atoms with Gasteiger partial charge in [-0.1, -0.05) is 41.3 Å². The molecule has 1 fully saturated rings. The van der Waals surface area contributed by atoms with Gasteiger partial charge in [0, 0.05) is 11.2 Å². The van der Waals surface area contributed by atoms with Gasteiger partial charge in [-0.25, -0.2) is 4.98 Å². The zero-order chi connectivity index (χ0) is 12.4. The van der Waals surface area contributed by atoms with Gasteiger partial charge in [-0.2, -0.15) is 0 Å². The lowest BCUT2D eigenvalue weighted by Crippen LogP contribution is -2.03. The fourth-order valence-corrected chi connectivity index (χ4v) is 4.43. The van der Waals surface area contributed by atoms with E-state index >= 15 is 0 Å². The second-order valence-corrected chi connectivity index (χ2v) is 6.98. The molecule has 1 aromatic carbocycles. The van der Waals surface area contributed by atoms with Crippen LogP contribution in [0, 0.1) is 0 Å². The van der Waals surface area contributed by atoms with E-state index in [4.69, 9.17) is 4.98 Å². The molecule has 0 aliphatic heterocycles. The maximum atomic E-state index is 4.84. The van der Waals surface area contributed by atoms with Gasteiger partial charge >= 0.3 is 0 Å². The van der Waals surface area contributed by atoms with Crippen molar-refractivity contribution in [3.63, 3.8) is 0 Å². The molecule has 3 rings (SSSR count). The Balaban J connectivity index is 1.89. The summed E-state index contributed by atoms with van der Waals surface area (Å²) in [6, 6.07) is 6.73. The fraction of sp³-hybridized carbons (Fsp3) is 0.533. The highest BCUT2D eigenvalue weighted by Crippen LogP contribution is 2.36. The topological polar surface area (TPSA) is 12.9 Å². The van der Waals surface area contributed by atoms with Crippen molar-refractivity contribution in [2.45, 2.75) is 44.4 Å². The van der Waals surface area contributed by atoms with Gasteiger partial charge in [-0.05, 0) is 37.0 Å². The molecule has 0 spiro atoms. The van der Waals surface area contributed by atoms with E-state index in [1.165, 1.54) is 52.9 Å². The molecule has 0 unspecified atom stereocenters. The van der Waals surface area contributed by atoms with Crippen molar-refractivity contribution >= 4 is 37.5 Å². The molecule has 0 bridgehead atoms. The minimum Gasteiger partial charge on any atom is -0.241 e. The van der Waals surface area contributed by atoms with Gasteiger partial charge in [0.05, 0.1) is 15.2 Å². The average Bonchev–Trinajstić information content (AvgIpc) is 2.83. The summed E-state index contributed by atoms with van der Waals surface area (Å²) in [4.78, 5) is 4.84. The molecule has 2 aromatic rings. The minimum absolute atomic E-state index is 0.732. The molecule has 3 heteroatoms. The second kappa shape index (κ2) is 5.70. The van der Waals surface area contributed by atoms with Crippen molar-refractivity contribution in [3.8, 4) is 0 Å². The molecule has 0 atom stereocenters. The smallest absolute Gasteiger partial charge is 0.0969 e. The first-order valence-corrected chi connectivity index (χ1v) is 8.76. The van der Waals surface area contributed by atoms with Crippen LogP contribution in [0.4, 0.5) is 0 Å². The first-order chi connectivity index (χ1) is 8.86. The van der Waals surface area contributed by atoms with E-state index in [9.17, 15) is 0 Å². The summed E-state index contributed by atoms with van der Waals surface area (Å²) < 4.78 is 1.37. The summed E-state index contributed by atoms with van der Waals surface area (Å²) in [6.07, 6.45) is 7.97. The number of fused-ring (bicyclic) bond motifs is 1. The highest BCUT2D eigenvalue weighted by Gasteiger charge is 2.19. The van der Waals surface area contributed by atoms with Crippen LogP contribution in [0.1, 0.15) is 48.6 Å². The molecule has 0 N–H and O–H groups in total. The summed E-state index contributed by atoms with van der Waals surface area (Å²) in [7, 11) is 0. The lowest BCUT2D eigenvalue weighted by molar-refractivity contribution is 0.443. The van der Waals surface area contributed by atoms with Crippen molar-refractivity contribution in [1.29, 1.82) is 0 Å². The molecule has 1 heterocycles. The van der Waals surface area contributed by atoms with E-state index < -0.39 is 0 Å².